The van der Waals surface area contributed by atoms with Crippen LogP contribution < -0.4 is 10.1 Å². The van der Waals surface area contributed by atoms with Gasteiger partial charge in [-0.3, -0.25) is 9.59 Å². The van der Waals surface area contributed by atoms with Gasteiger partial charge in [-0.05, 0) is 31.4 Å². The Labute approximate surface area is 123 Å². The third kappa shape index (κ3) is 5.81. The minimum Gasteiger partial charge on any atom is -0.494 e. The number of aliphatic carboxylic acids is 1. The molecule has 0 spiro atoms. The van der Waals surface area contributed by atoms with Gasteiger partial charge < -0.3 is 15.2 Å². The predicted molar refractivity (Wildman–Crippen MR) is 75.7 cm³/mol. The van der Waals surface area contributed by atoms with Crippen LogP contribution in [0.4, 0.5) is 4.39 Å². The first kappa shape index (κ1) is 16.9. The molecule has 0 aromatic heterocycles. The highest BCUT2D eigenvalue weighted by molar-refractivity contribution is 5.76. The summed E-state index contributed by atoms with van der Waals surface area (Å²) in [5.74, 6) is -1.42. The molecule has 1 rings (SSSR count). The van der Waals surface area contributed by atoms with Crippen LogP contribution in [0.3, 0.4) is 0 Å². The van der Waals surface area contributed by atoms with E-state index in [2.05, 4.69) is 5.32 Å². The van der Waals surface area contributed by atoms with E-state index < -0.39 is 11.8 Å². The molecular weight excluding hydrogens is 277 g/mol. The van der Waals surface area contributed by atoms with E-state index in [0.29, 0.717) is 12.0 Å². The monoisotopic (exact) mass is 297 g/mol. The number of carboxylic acids is 1. The first-order valence-electron chi connectivity index (χ1n) is 6.76. The van der Waals surface area contributed by atoms with Crippen molar-refractivity contribution >= 4 is 11.9 Å². The van der Waals surface area contributed by atoms with Gasteiger partial charge in [-0.2, -0.15) is 0 Å². The number of nitrogens with one attached hydrogen (secondary N) is 1. The molecule has 0 fully saturated rings. The van der Waals surface area contributed by atoms with Gasteiger partial charge in [0.1, 0.15) is 0 Å². The molecule has 5 nitrogen and oxygen atoms in total. The van der Waals surface area contributed by atoms with Crippen LogP contribution in [0.1, 0.15) is 31.7 Å². The molecule has 1 amide bonds. The number of carboxylic acid groups (broad SMARTS) is 1. The fraction of sp³-hybridized carbons (Fsp3) is 0.467. The summed E-state index contributed by atoms with van der Waals surface area (Å²) in [6.07, 6.45) is 0.780. The SMILES string of the molecule is COc1cccc(CCC(=O)NC(C)CCC(=O)O)c1F. The molecule has 0 saturated carbocycles. The number of methoxy groups -OCH3 is 1. The molecule has 0 aliphatic rings. The van der Waals surface area contributed by atoms with E-state index in [1.807, 2.05) is 0 Å². The largest absolute Gasteiger partial charge is 0.494 e. The number of hydrogen-bond donors (Lipinski definition) is 2. The molecule has 6 heteroatoms. The predicted octanol–water partition coefficient (Wildman–Crippen LogP) is 2.14. The lowest BCUT2D eigenvalue weighted by atomic mass is 10.1. The van der Waals surface area contributed by atoms with Crippen LogP contribution in [0.25, 0.3) is 0 Å². The summed E-state index contributed by atoms with van der Waals surface area (Å²) in [5.41, 5.74) is 0.419. The van der Waals surface area contributed by atoms with Crippen molar-refractivity contribution in [1.29, 1.82) is 0 Å². The van der Waals surface area contributed by atoms with Crippen molar-refractivity contribution in [2.75, 3.05) is 7.11 Å². The number of halogens is 1. The second kappa shape index (κ2) is 8.24. The number of rotatable bonds is 8. The first-order chi connectivity index (χ1) is 9.93. The molecule has 1 aromatic carbocycles. The lowest BCUT2D eigenvalue weighted by Gasteiger charge is -2.13. The second-order valence-electron chi connectivity index (χ2n) is 4.83. The molecule has 116 valence electrons. The summed E-state index contributed by atoms with van der Waals surface area (Å²) in [7, 11) is 1.39. The summed E-state index contributed by atoms with van der Waals surface area (Å²) < 4.78 is 18.8. The van der Waals surface area contributed by atoms with Crippen molar-refractivity contribution in [2.24, 2.45) is 0 Å². The van der Waals surface area contributed by atoms with Crippen molar-refractivity contribution < 1.29 is 23.8 Å². The maximum atomic E-state index is 13.9. The zero-order valence-corrected chi connectivity index (χ0v) is 12.2. The molecule has 1 aromatic rings. The van der Waals surface area contributed by atoms with Crippen LogP contribution in [0.2, 0.25) is 0 Å². The van der Waals surface area contributed by atoms with Crippen LogP contribution in [-0.2, 0) is 16.0 Å². The van der Waals surface area contributed by atoms with Crippen LogP contribution in [0.15, 0.2) is 18.2 Å². The van der Waals surface area contributed by atoms with Crippen LogP contribution in [-0.4, -0.2) is 30.1 Å². The fourth-order valence-electron chi connectivity index (χ4n) is 1.91. The Morgan fingerprint density at radius 3 is 2.71 bits per heavy atom. The Balaban J connectivity index is 2.44. The number of benzene rings is 1. The van der Waals surface area contributed by atoms with Gasteiger partial charge in [0.2, 0.25) is 5.91 Å². The minimum atomic E-state index is -0.894. The number of amides is 1. The van der Waals surface area contributed by atoms with Gasteiger partial charge in [-0.15, -0.1) is 0 Å². The second-order valence-corrected chi connectivity index (χ2v) is 4.83. The highest BCUT2D eigenvalue weighted by atomic mass is 19.1. The van der Waals surface area contributed by atoms with Crippen LogP contribution >= 0.6 is 0 Å². The van der Waals surface area contributed by atoms with E-state index in [0.717, 1.165) is 0 Å². The summed E-state index contributed by atoms with van der Waals surface area (Å²) in [6.45, 7) is 1.74. The Morgan fingerprint density at radius 2 is 2.10 bits per heavy atom. The topological polar surface area (TPSA) is 75.6 Å². The standard InChI is InChI=1S/C15H20FNO4/c1-10(6-9-14(19)20)17-13(18)8-7-11-4-3-5-12(21-2)15(11)16/h3-5,10H,6-9H2,1-2H3,(H,17,18)(H,19,20). The van der Waals surface area contributed by atoms with E-state index in [-0.39, 0.29) is 37.0 Å². The summed E-state index contributed by atoms with van der Waals surface area (Å²) in [5, 5.41) is 11.3. The molecule has 1 atom stereocenters. The lowest BCUT2D eigenvalue weighted by molar-refractivity contribution is -0.137. The van der Waals surface area contributed by atoms with E-state index in [1.165, 1.54) is 13.2 Å². The minimum absolute atomic E-state index is 0.00591. The number of ether oxygens (including phenoxy) is 1. The van der Waals surface area contributed by atoms with E-state index >= 15 is 0 Å². The molecule has 1 unspecified atom stereocenters. The van der Waals surface area contributed by atoms with Crippen LogP contribution in [0, 0.1) is 5.82 Å². The van der Waals surface area contributed by atoms with E-state index in [4.69, 9.17) is 9.84 Å². The van der Waals surface area contributed by atoms with Crippen molar-refractivity contribution in [3.63, 3.8) is 0 Å². The Kier molecular flexibility index (Phi) is 6.65. The van der Waals surface area contributed by atoms with Crippen molar-refractivity contribution in [3.05, 3.63) is 29.6 Å². The van der Waals surface area contributed by atoms with Crippen molar-refractivity contribution in [1.82, 2.24) is 5.32 Å². The molecule has 0 heterocycles. The summed E-state index contributed by atoms with van der Waals surface area (Å²) in [4.78, 5) is 22.2. The molecule has 0 saturated heterocycles. The van der Waals surface area contributed by atoms with Gasteiger partial charge in [-0.25, -0.2) is 4.39 Å². The average molecular weight is 297 g/mol. The normalized spacial score (nSPS) is 11.8. The molecule has 21 heavy (non-hydrogen) atoms. The zero-order chi connectivity index (χ0) is 15.8. The number of carbonyl (C=O) groups is 2. The van der Waals surface area contributed by atoms with Gasteiger partial charge in [0.05, 0.1) is 7.11 Å². The first-order valence-corrected chi connectivity index (χ1v) is 6.76. The smallest absolute Gasteiger partial charge is 0.303 e. The van der Waals surface area contributed by atoms with Gasteiger partial charge in [0, 0.05) is 18.9 Å². The maximum absolute atomic E-state index is 13.9. The highest BCUT2D eigenvalue weighted by Gasteiger charge is 2.12. The number of aryl methyl sites for hydroxylation is 1. The van der Waals surface area contributed by atoms with Crippen molar-refractivity contribution in [3.8, 4) is 5.75 Å². The zero-order valence-electron chi connectivity index (χ0n) is 12.2. The number of carbonyl (C=O) groups excluding carboxylic acids is 1. The highest BCUT2D eigenvalue weighted by Crippen LogP contribution is 2.20. The molecule has 0 aliphatic heterocycles. The third-order valence-corrected chi connectivity index (χ3v) is 3.08. The quantitative estimate of drug-likeness (QED) is 0.771. The summed E-state index contributed by atoms with van der Waals surface area (Å²) in [6, 6.07) is 4.58. The summed E-state index contributed by atoms with van der Waals surface area (Å²) >= 11 is 0. The third-order valence-electron chi connectivity index (χ3n) is 3.08. The molecule has 2 N–H and O–H groups in total. The lowest BCUT2D eigenvalue weighted by Crippen LogP contribution is -2.33. The average Bonchev–Trinajstić information content (AvgIpc) is 2.44. The number of hydrogen-bond acceptors (Lipinski definition) is 3. The maximum Gasteiger partial charge on any atom is 0.303 e. The Morgan fingerprint density at radius 1 is 1.38 bits per heavy atom. The Hall–Kier alpha value is -2.11. The van der Waals surface area contributed by atoms with Gasteiger partial charge >= 0.3 is 5.97 Å². The molecule has 0 bridgehead atoms. The van der Waals surface area contributed by atoms with Gasteiger partial charge in [-0.1, -0.05) is 12.1 Å². The van der Waals surface area contributed by atoms with Crippen LogP contribution in [0.5, 0.6) is 5.75 Å². The van der Waals surface area contributed by atoms with E-state index in [1.54, 1.807) is 19.1 Å². The van der Waals surface area contributed by atoms with E-state index in [9.17, 15) is 14.0 Å². The fourth-order valence-corrected chi connectivity index (χ4v) is 1.91. The van der Waals surface area contributed by atoms with Gasteiger partial charge in [0.25, 0.3) is 0 Å². The van der Waals surface area contributed by atoms with Gasteiger partial charge in [0.15, 0.2) is 11.6 Å². The molecule has 0 radical (unpaired) electrons. The molecular formula is C15H20FNO4. The molecule has 0 aliphatic carbocycles. The Bertz CT molecular complexity index is 504. The van der Waals surface area contributed by atoms with Crippen molar-refractivity contribution in [2.45, 2.75) is 38.6 Å².